The zero-order valence-electron chi connectivity index (χ0n) is 12.1. The van der Waals surface area contributed by atoms with E-state index in [1.54, 1.807) is 0 Å². The Labute approximate surface area is 128 Å². The van der Waals surface area contributed by atoms with Gasteiger partial charge in [0.25, 0.3) is 0 Å². The molecule has 2 aromatic carbocycles. The Morgan fingerprint density at radius 1 is 1.00 bits per heavy atom. The van der Waals surface area contributed by atoms with Gasteiger partial charge in [0.1, 0.15) is 4.70 Å². The molecule has 3 nitrogen and oxygen atoms in total. The highest BCUT2D eigenvalue weighted by Gasteiger charge is 2.15. The van der Waals surface area contributed by atoms with Crippen LogP contribution in [0.5, 0.6) is 0 Å². The molecule has 0 saturated carbocycles. The maximum absolute atomic E-state index is 4.27. The molecule has 21 heavy (non-hydrogen) atoms. The molecule has 0 saturated heterocycles. The highest BCUT2D eigenvalue weighted by Crippen LogP contribution is 2.19. The first-order valence-corrected chi connectivity index (χ1v) is 7.97. The predicted octanol–water partition coefficient (Wildman–Crippen LogP) is 4.67. The molecule has 0 aliphatic rings. The number of hydrogen-bond acceptors (Lipinski definition) is 3. The summed E-state index contributed by atoms with van der Waals surface area (Å²) in [7, 11) is 0. The molecule has 0 N–H and O–H groups in total. The molecular weight excluding hydrogens is 278 g/mol. The van der Waals surface area contributed by atoms with E-state index in [9.17, 15) is 0 Å². The fourth-order valence-electron chi connectivity index (χ4n) is 2.35. The van der Waals surface area contributed by atoms with Crippen molar-refractivity contribution in [2.24, 2.45) is 10.2 Å². The minimum absolute atomic E-state index is 0.755. The quantitative estimate of drug-likeness (QED) is 0.372. The van der Waals surface area contributed by atoms with Crippen LogP contribution in [0, 0.1) is 6.92 Å². The number of fused-ring (bicyclic) bond motifs is 1. The Hall–Kier alpha value is -2.07. The highest BCUT2D eigenvalue weighted by atomic mass is 32.1. The van der Waals surface area contributed by atoms with Gasteiger partial charge in [-0.25, -0.2) is 0 Å². The molecule has 0 spiro atoms. The monoisotopic (exact) mass is 296 g/mol. The van der Waals surface area contributed by atoms with Gasteiger partial charge in [0.15, 0.2) is 6.54 Å². The lowest BCUT2D eigenvalue weighted by molar-refractivity contribution is -0.673. The van der Waals surface area contributed by atoms with Gasteiger partial charge >= 0.3 is 0 Å². The number of rotatable bonds is 5. The Bertz CT molecular complexity index is 747. The summed E-state index contributed by atoms with van der Waals surface area (Å²) in [6.45, 7) is 3.92. The Morgan fingerprint density at radius 3 is 2.62 bits per heavy atom. The fraction of sp³-hybridized carbons (Fsp3) is 0.235. The van der Waals surface area contributed by atoms with Gasteiger partial charge in [-0.1, -0.05) is 41.7 Å². The average molecular weight is 296 g/mol. The van der Waals surface area contributed by atoms with Crippen molar-refractivity contribution >= 4 is 27.2 Å². The third-order valence-electron chi connectivity index (χ3n) is 3.38. The summed E-state index contributed by atoms with van der Waals surface area (Å²) in [4.78, 5) is 0. The Kier molecular flexibility index (Phi) is 4.36. The van der Waals surface area contributed by atoms with Crippen molar-refractivity contribution in [3.63, 3.8) is 0 Å². The van der Waals surface area contributed by atoms with Crippen LogP contribution in [0.25, 0.3) is 10.2 Å². The van der Waals surface area contributed by atoms with E-state index in [0.717, 1.165) is 25.2 Å². The molecule has 0 amide bonds. The van der Waals surface area contributed by atoms with Crippen molar-refractivity contribution in [2.45, 2.75) is 19.9 Å². The number of aryl methyl sites for hydroxylation is 2. The molecule has 4 heteroatoms. The summed E-state index contributed by atoms with van der Waals surface area (Å²) in [6.07, 6.45) is 1.00. The SMILES string of the molecule is Cc1sc2ccccc2[n+]1CCCN=Nc1ccccc1. The fourth-order valence-corrected chi connectivity index (χ4v) is 3.40. The van der Waals surface area contributed by atoms with E-state index in [0.29, 0.717) is 0 Å². The van der Waals surface area contributed by atoms with Gasteiger partial charge in [-0.3, -0.25) is 0 Å². The number of benzene rings is 2. The second-order valence-electron chi connectivity index (χ2n) is 4.89. The van der Waals surface area contributed by atoms with Crippen molar-refractivity contribution in [1.29, 1.82) is 0 Å². The molecule has 1 aromatic heterocycles. The normalized spacial score (nSPS) is 11.5. The highest BCUT2D eigenvalue weighted by molar-refractivity contribution is 7.18. The van der Waals surface area contributed by atoms with E-state index in [1.165, 1.54) is 15.2 Å². The third kappa shape index (κ3) is 3.34. The molecule has 0 fully saturated rings. The summed E-state index contributed by atoms with van der Waals surface area (Å²) >= 11 is 1.85. The summed E-state index contributed by atoms with van der Waals surface area (Å²) in [5.41, 5.74) is 2.24. The van der Waals surface area contributed by atoms with E-state index in [2.05, 4.69) is 46.0 Å². The molecular formula is C17H18N3S+. The number of nitrogens with zero attached hydrogens (tertiary/aromatic N) is 3. The number of thiazole rings is 1. The van der Waals surface area contributed by atoms with Crippen LogP contribution in [0.2, 0.25) is 0 Å². The molecule has 0 aliphatic heterocycles. The first kappa shape index (κ1) is 13.9. The average Bonchev–Trinajstić information content (AvgIpc) is 2.84. The van der Waals surface area contributed by atoms with Gasteiger partial charge in [0.05, 0.1) is 12.2 Å². The van der Waals surface area contributed by atoms with Gasteiger partial charge in [0, 0.05) is 19.4 Å². The van der Waals surface area contributed by atoms with Crippen LogP contribution in [-0.2, 0) is 6.54 Å². The minimum Gasteiger partial charge on any atom is -0.188 e. The van der Waals surface area contributed by atoms with Crippen LogP contribution in [0.3, 0.4) is 0 Å². The largest absolute Gasteiger partial charge is 0.235 e. The summed E-state index contributed by atoms with van der Waals surface area (Å²) in [6, 6.07) is 18.4. The zero-order valence-corrected chi connectivity index (χ0v) is 12.9. The number of para-hydroxylation sites is 1. The van der Waals surface area contributed by atoms with Crippen molar-refractivity contribution in [3.8, 4) is 0 Å². The minimum atomic E-state index is 0.755. The van der Waals surface area contributed by atoms with Gasteiger partial charge in [0.2, 0.25) is 10.5 Å². The van der Waals surface area contributed by atoms with Crippen LogP contribution >= 0.6 is 11.3 Å². The van der Waals surface area contributed by atoms with Crippen LogP contribution in [0.4, 0.5) is 5.69 Å². The second kappa shape index (κ2) is 6.59. The van der Waals surface area contributed by atoms with Gasteiger partial charge in [-0.15, -0.1) is 0 Å². The van der Waals surface area contributed by atoms with Crippen molar-refractivity contribution in [2.75, 3.05) is 6.54 Å². The molecule has 0 unspecified atom stereocenters. The molecule has 3 aromatic rings. The van der Waals surface area contributed by atoms with Crippen molar-refractivity contribution in [1.82, 2.24) is 0 Å². The molecule has 106 valence electrons. The Balaban J connectivity index is 1.60. The summed E-state index contributed by atoms with van der Waals surface area (Å²) < 4.78 is 3.72. The van der Waals surface area contributed by atoms with Crippen LogP contribution in [0.1, 0.15) is 11.4 Å². The van der Waals surface area contributed by atoms with Gasteiger partial charge in [-0.05, 0) is 18.2 Å². The molecule has 0 bridgehead atoms. The lowest BCUT2D eigenvalue weighted by atomic mass is 10.3. The lowest BCUT2D eigenvalue weighted by Gasteiger charge is -1.95. The van der Waals surface area contributed by atoms with E-state index in [4.69, 9.17) is 0 Å². The Morgan fingerprint density at radius 2 is 1.76 bits per heavy atom. The predicted molar refractivity (Wildman–Crippen MR) is 87.2 cm³/mol. The van der Waals surface area contributed by atoms with E-state index in [1.807, 2.05) is 41.7 Å². The maximum Gasteiger partial charge on any atom is 0.235 e. The third-order valence-corrected chi connectivity index (χ3v) is 4.46. The molecule has 3 rings (SSSR count). The van der Waals surface area contributed by atoms with E-state index < -0.39 is 0 Å². The maximum atomic E-state index is 4.27. The van der Waals surface area contributed by atoms with Crippen LogP contribution < -0.4 is 4.57 Å². The topological polar surface area (TPSA) is 28.6 Å². The van der Waals surface area contributed by atoms with Crippen molar-refractivity contribution in [3.05, 3.63) is 59.6 Å². The van der Waals surface area contributed by atoms with E-state index >= 15 is 0 Å². The number of aromatic nitrogens is 1. The number of hydrogen-bond donors (Lipinski definition) is 0. The van der Waals surface area contributed by atoms with E-state index in [-0.39, 0.29) is 0 Å². The summed E-state index contributed by atoms with van der Waals surface area (Å²) in [5, 5.41) is 9.84. The standard InChI is InChI=1S/C17H18N3S/c1-14-20(16-10-5-6-11-17(16)21-14)13-7-12-18-19-15-8-3-2-4-9-15/h2-6,8-11H,7,12-13H2,1H3/q+1. The molecule has 0 atom stereocenters. The van der Waals surface area contributed by atoms with Gasteiger partial charge < -0.3 is 0 Å². The van der Waals surface area contributed by atoms with Gasteiger partial charge in [-0.2, -0.15) is 14.8 Å². The molecule has 0 radical (unpaired) electrons. The first-order chi connectivity index (χ1) is 10.3. The summed E-state index contributed by atoms with van der Waals surface area (Å²) in [5.74, 6) is 0. The molecule has 0 aliphatic carbocycles. The first-order valence-electron chi connectivity index (χ1n) is 7.15. The second-order valence-corrected chi connectivity index (χ2v) is 6.13. The molecule has 1 heterocycles. The number of azo groups is 1. The van der Waals surface area contributed by atoms with Crippen molar-refractivity contribution < 1.29 is 4.57 Å². The van der Waals surface area contributed by atoms with Crippen LogP contribution in [0.15, 0.2) is 64.8 Å². The zero-order chi connectivity index (χ0) is 14.5. The lowest BCUT2D eigenvalue weighted by Crippen LogP contribution is -2.35. The smallest absolute Gasteiger partial charge is 0.188 e. The van der Waals surface area contributed by atoms with Crippen LogP contribution in [-0.4, -0.2) is 6.54 Å².